The number of rotatable bonds is 7. The molecule has 6 heterocycles. The van der Waals surface area contributed by atoms with E-state index in [4.69, 9.17) is 23.2 Å². The predicted octanol–water partition coefficient (Wildman–Crippen LogP) is 7.10. The van der Waals surface area contributed by atoms with Crippen molar-refractivity contribution in [2.45, 2.75) is 19.9 Å². The van der Waals surface area contributed by atoms with Gasteiger partial charge in [0.2, 0.25) is 0 Å². The molecule has 0 spiro atoms. The Bertz CT molecular complexity index is 2520. The van der Waals surface area contributed by atoms with E-state index in [0.717, 1.165) is 11.1 Å². The Morgan fingerprint density at radius 1 is 0.745 bits per heavy atom. The molecule has 254 valence electrons. The number of hydrogen-bond acceptors (Lipinski definition) is 8. The van der Waals surface area contributed by atoms with Crippen LogP contribution in [0.4, 0.5) is 11.4 Å². The van der Waals surface area contributed by atoms with Crippen molar-refractivity contribution in [1.29, 1.82) is 0 Å². The van der Waals surface area contributed by atoms with Crippen molar-refractivity contribution in [2.75, 3.05) is 10.6 Å². The molecular formula is C35H28Cl2N12O2. The molecule has 16 heteroatoms. The molecule has 0 saturated heterocycles. The highest BCUT2D eigenvalue weighted by molar-refractivity contribution is 6.31. The SMILES string of the molecule is CC(C)n1cc(NC(=O)c2cnn3cccnc23)c(-c2cccc(Cl)c2)n1.O=C(Nc1cn[nH]c1-c1cccc(Cl)c1)c1cnn2cccnc12. The van der Waals surface area contributed by atoms with Gasteiger partial charge in [-0.05, 0) is 50.2 Å². The van der Waals surface area contributed by atoms with Gasteiger partial charge in [0.1, 0.15) is 16.8 Å². The number of H-pyrrole nitrogens is 1. The van der Waals surface area contributed by atoms with Crippen LogP contribution in [0.3, 0.4) is 0 Å². The average Bonchev–Trinajstić information content (AvgIpc) is 3.94. The van der Waals surface area contributed by atoms with Crippen LogP contribution in [-0.2, 0) is 0 Å². The molecule has 0 aliphatic rings. The summed E-state index contributed by atoms with van der Waals surface area (Å²) >= 11 is 12.2. The lowest BCUT2D eigenvalue weighted by Gasteiger charge is -2.05. The summed E-state index contributed by atoms with van der Waals surface area (Å²) < 4.78 is 4.91. The first-order chi connectivity index (χ1) is 24.7. The second-order valence-corrected chi connectivity index (χ2v) is 12.3. The summed E-state index contributed by atoms with van der Waals surface area (Å²) in [6, 6.07) is 18.3. The molecule has 2 aromatic carbocycles. The minimum atomic E-state index is -0.312. The van der Waals surface area contributed by atoms with Gasteiger partial charge >= 0.3 is 0 Å². The molecule has 2 amide bonds. The zero-order chi connectivity index (χ0) is 35.5. The molecule has 6 aromatic heterocycles. The maximum Gasteiger partial charge on any atom is 0.261 e. The number of aromatic amines is 1. The van der Waals surface area contributed by atoms with Gasteiger partial charge in [-0.25, -0.2) is 19.0 Å². The molecule has 8 rings (SSSR count). The minimum Gasteiger partial charge on any atom is -0.319 e. The molecular weight excluding hydrogens is 691 g/mol. The van der Waals surface area contributed by atoms with Crippen LogP contribution < -0.4 is 10.6 Å². The van der Waals surface area contributed by atoms with Crippen LogP contribution in [0.1, 0.15) is 40.6 Å². The molecule has 0 fully saturated rings. The van der Waals surface area contributed by atoms with Crippen molar-refractivity contribution in [1.82, 2.24) is 49.2 Å². The zero-order valence-corrected chi connectivity index (χ0v) is 28.6. The summed E-state index contributed by atoms with van der Waals surface area (Å²) in [7, 11) is 0. The molecule has 0 atom stereocenters. The maximum atomic E-state index is 12.9. The molecule has 0 unspecified atom stereocenters. The van der Waals surface area contributed by atoms with Gasteiger partial charge in [0, 0.05) is 58.2 Å². The highest BCUT2D eigenvalue weighted by Gasteiger charge is 2.20. The fourth-order valence-corrected chi connectivity index (χ4v) is 5.58. The molecule has 0 aliphatic heterocycles. The number of aromatic nitrogens is 10. The molecule has 8 aromatic rings. The third-order valence-electron chi connectivity index (χ3n) is 7.66. The first-order valence-corrected chi connectivity index (χ1v) is 16.3. The van der Waals surface area contributed by atoms with E-state index in [1.165, 1.54) is 12.4 Å². The number of benzene rings is 2. The van der Waals surface area contributed by atoms with E-state index in [9.17, 15) is 9.59 Å². The highest BCUT2D eigenvalue weighted by atomic mass is 35.5. The number of anilines is 2. The molecule has 0 bridgehead atoms. The van der Waals surface area contributed by atoms with Gasteiger partial charge in [-0.1, -0.05) is 47.5 Å². The van der Waals surface area contributed by atoms with Gasteiger partial charge in [-0.3, -0.25) is 19.4 Å². The minimum absolute atomic E-state index is 0.146. The van der Waals surface area contributed by atoms with Crippen LogP contribution in [0.2, 0.25) is 10.0 Å². The Hall–Kier alpha value is -6.38. The molecule has 0 radical (unpaired) electrons. The van der Waals surface area contributed by atoms with Crippen LogP contribution in [0.15, 0.2) is 110 Å². The summed E-state index contributed by atoms with van der Waals surface area (Å²) in [5.41, 5.74) is 5.91. The van der Waals surface area contributed by atoms with Gasteiger partial charge in [0.25, 0.3) is 11.8 Å². The molecule has 14 nitrogen and oxygen atoms in total. The summed E-state index contributed by atoms with van der Waals surface area (Å²) in [4.78, 5) is 33.8. The smallest absolute Gasteiger partial charge is 0.261 e. The number of carbonyl (C=O) groups is 2. The highest BCUT2D eigenvalue weighted by Crippen LogP contribution is 2.31. The van der Waals surface area contributed by atoms with Gasteiger partial charge in [0.15, 0.2) is 11.3 Å². The number of nitrogens with zero attached hydrogens (tertiary/aromatic N) is 9. The standard InChI is InChI=1S/C19H17ClN6O.C16H11ClN6O/c1-12(2)26-11-16(17(24-26)13-5-3-6-14(20)9-13)23-19(27)15-10-22-25-8-4-7-21-18(15)25;17-11-4-1-3-10(7-11)14-13(9-19-22-14)21-16(24)12-8-20-23-6-2-5-18-15(12)23/h3-12H,1-2H3,(H,23,27);1-9H,(H,19,22)(H,21,24). The van der Waals surface area contributed by atoms with Crippen LogP contribution in [0, 0.1) is 0 Å². The van der Waals surface area contributed by atoms with Crippen molar-refractivity contribution in [3.05, 3.63) is 131 Å². The Morgan fingerprint density at radius 2 is 1.31 bits per heavy atom. The molecule has 0 aliphatic carbocycles. The van der Waals surface area contributed by atoms with E-state index in [1.807, 2.05) is 50.4 Å². The first-order valence-electron chi connectivity index (χ1n) is 15.6. The Balaban J connectivity index is 0.000000160. The first kappa shape index (κ1) is 33.1. The second-order valence-electron chi connectivity index (χ2n) is 11.4. The largest absolute Gasteiger partial charge is 0.319 e. The average molecular weight is 720 g/mol. The van der Waals surface area contributed by atoms with Crippen molar-refractivity contribution < 1.29 is 9.59 Å². The van der Waals surface area contributed by atoms with Crippen molar-refractivity contribution in [2.24, 2.45) is 0 Å². The number of amides is 2. The van der Waals surface area contributed by atoms with Gasteiger partial charge in [-0.2, -0.15) is 20.4 Å². The molecule has 3 N–H and O–H groups in total. The van der Waals surface area contributed by atoms with E-state index in [0.29, 0.717) is 55.2 Å². The van der Waals surface area contributed by atoms with Crippen molar-refractivity contribution >= 4 is 57.7 Å². The van der Waals surface area contributed by atoms with Gasteiger partial charge in [-0.15, -0.1) is 0 Å². The molecule has 51 heavy (non-hydrogen) atoms. The van der Waals surface area contributed by atoms with Crippen LogP contribution >= 0.6 is 23.2 Å². The van der Waals surface area contributed by atoms with Crippen LogP contribution in [0.25, 0.3) is 33.8 Å². The lowest BCUT2D eigenvalue weighted by molar-refractivity contribution is 0.102. The summed E-state index contributed by atoms with van der Waals surface area (Å²) in [6.07, 6.45) is 13.1. The summed E-state index contributed by atoms with van der Waals surface area (Å²) in [6.45, 7) is 4.05. The number of fused-ring (bicyclic) bond motifs is 2. The van der Waals surface area contributed by atoms with E-state index in [1.54, 1.807) is 75.0 Å². The summed E-state index contributed by atoms with van der Waals surface area (Å²) in [5.74, 6) is -0.608. The van der Waals surface area contributed by atoms with Gasteiger partial charge in [0.05, 0.1) is 35.7 Å². The maximum absolute atomic E-state index is 12.9. The monoisotopic (exact) mass is 718 g/mol. The number of nitrogens with one attached hydrogen (secondary N) is 3. The van der Waals surface area contributed by atoms with Crippen molar-refractivity contribution in [3.8, 4) is 22.5 Å². The quantitative estimate of drug-likeness (QED) is 0.157. The second kappa shape index (κ2) is 14.2. The van der Waals surface area contributed by atoms with E-state index < -0.39 is 0 Å². The predicted molar refractivity (Wildman–Crippen MR) is 194 cm³/mol. The van der Waals surface area contributed by atoms with E-state index in [-0.39, 0.29) is 17.9 Å². The fraction of sp³-hybridized carbons (Fsp3) is 0.0857. The summed E-state index contributed by atoms with van der Waals surface area (Å²) in [5, 5.41) is 26.8. The fourth-order valence-electron chi connectivity index (χ4n) is 5.20. The van der Waals surface area contributed by atoms with Crippen LogP contribution in [-0.4, -0.2) is 61.0 Å². The number of hydrogen-bond donors (Lipinski definition) is 3. The topological polar surface area (TPSA) is 165 Å². The Morgan fingerprint density at radius 3 is 1.90 bits per heavy atom. The number of halogens is 2. The van der Waals surface area contributed by atoms with E-state index in [2.05, 4.69) is 46.1 Å². The Labute approximate surface area is 300 Å². The third-order valence-corrected chi connectivity index (χ3v) is 8.13. The normalized spacial score (nSPS) is 11.1. The molecule has 0 saturated carbocycles. The van der Waals surface area contributed by atoms with Gasteiger partial charge < -0.3 is 10.6 Å². The zero-order valence-electron chi connectivity index (χ0n) is 27.1. The Kier molecular flexibility index (Phi) is 9.24. The third kappa shape index (κ3) is 7.04. The van der Waals surface area contributed by atoms with E-state index >= 15 is 0 Å². The number of carbonyl (C=O) groups excluding carboxylic acids is 2. The van der Waals surface area contributed by atoms with Crippen LogP contribution in [0.5, 0.6) is 0 Å². The lowest BCUT2D eigenvalue weighted by atomic mass is 10.1. The lowest BCUT2D eigenvalue weighted by Crippen LogP contribution is -2.12. The van der Waals surface area contributed by atoms with Crippen molar-refractivity contribution in [3.63, 3.8) is 0 Å².